The van der Waals surface area contributed by atoms with Gasteiger partial charge in [0.1, 0.15) is 0 Å². The van der Waals surface area contributed by atoms with E-state index in [2.05, 4.69) is 12.2 Å². The second-order valence-electron chi connectivity index (χ2n) is 4.04. The highest BCUT2D eigenvalue weighted by molar-refractivity contribution is 6.42. The van der Waals surface area contributed by atoms with Crippen LogP contribution in [-0.2, 0) is 4.74 Å². The van der Waals surface area contributed by atoms with Crippen molar-refractivity contribution in [3.63, 3.8) is 0 Å². The van der Waals surface area contributed by atoms with E-state index >= 15 is 0 Å². The Balaban J connectivity index is 2.58. The van der Waals surface area contributed by atoms with Crippen molar-refractivity contribution in [2.24, 2.45) is 0 Å². The predicted octanol–water partition coefficient (Wildman–Crippen LogP) is 4.07. The molecule has 0 aliphatic carbocycles. The molecule has 1 aromatic rings. The van der Waals surface area contributed by atoms with Gasteiger partial charge in [-0.1, -0.05) is 35.3 Å². The molecule has 0 radical (unpaired) electrons. The first kappa shape index (κ1) is 14.8. The second-order valence-corrected chi connectivity index (χ2v) is 4.82. The first-order chi connectivity index (χ1) is 8.06. The van der Waals surface area contributed by atoms with Gasteiger partial charge in [-0.3, -0.25) is 0 Å². The van der Waals surface area contributed by atoms with Gasteiger partial charge in [-0.2, -0.15) is 0 Å². The zero-order valence-electron chi connectivity index (χ0n) is 10.5. The van der Waals surface area contributed by atoms with Crippen LogP contribution < -0.4 is 5.32 Å². The average Bonchev–Trinajstić information content (AvgIpc) is 2.30. The van der Waals surface area contributed by atoms with Gasteiger partial charge in [0, 0.05) is 19.2 Å². The monoisotopic (exact) mass is 275 g/mol. The number of hydrogen-bond acceptors (Lipinski definition) is 2. The molecule has 1 aromatic carbocycles. The second kappa shape index (κ2) is 7.22. The SMILES string of the molecule is CCOC(C)CNC(C)c1cccc(Cl)c1Cl. The Morgan fingerprint density at radius 2 is 2.00 bits per heavy atom. The van der Waals surface area contributed by atoms with E-state index in [4.69, 9.17) is 27.9 Å². The fourth-order valence-corrected chi connectivity index (χ4v) is 2.12. The number of halogens is 2. The first-order valence-electron chi connectivity index (χ1n) is 5.85. The summed E-state index contributed by atoms with van der Waals surface area (Å²) in [6, 6.07) is 5.84. The summed E-state index contributed by atoms with van der Waals surface area (Å²) >= 11 is 12.1. The third kappa shape index (κ3) is 4.47. The van der Waals surface area contributed by atoms with Crippen LogP contribution >= 0.6 is 23.2 Å². The molecule has 0 amide bonds. The number of benzene rings is 1. The van der Waals surface area contributed by atoms with E-state index in [-0.39, 0.29) is 12.1 Å². The molecule has 0 spiro atoms. The molecule has 2 unspecified atom stereocenters. The molecule has 0 saturated carbocycles. The van der Waals surface area contributed by atoms with E-state index in [1.54, 1.807) is 6.07 Å². The average molecular weight is 276 g/mol. The lowest BCUT2D eigenvalue weighted by Gasteiger charge is -2.19. The number of rotatable bonds is 6. The van der Waals surface area contributed by atoms with Crippen LogP contribution in [0.1, 0.15) is 32.4 Å². The van der Waals surface area contributed by atoms with Gasteiger partial charge < -0.3 is 10.1 Å². The van der Waals surface area contributed by atoms with Gasteiger partial charge in [-0.05, 0) is 32.4 Å². The molecule has 0 heterocycles. The highest BCUT2D eigenvalue weighted by Gasteiger charge is 2.12. The molecule has 0 bridgehead atoms. The summed E-state index contributed by atoms with van der Waals surface area (Å²) in [5, 5.41) is 4.60. The van der Waals surface area contributed by atoms with Crippen LogP contribution in [-0.4, -0.2) is 19.3 Å². The third-order valence-corrected chi connectivity index (χ3v) is 3.44. The van der Waals surface area contributed by atoms with E-state index in [9.17, 15) is 0 Å². The Morgan fingerprint density at radius 1 is 1.29 bits per heavy atom. The maximum atomic E-state index is 6.16. The lowest BCUT2D eigenvalue weighted by Crippen LogP contribution is -2.29. The topological polar surface area (TPSA) is 21.3 Å². The molecule has 2 nitrogen and oxygen atoms in total. The minimum absolute atomic E-state index is 0.157. The van der Waals surface area contributed by atoms with Crippen LogP contribution in [0.5, 0.6) is 0 Å². The van der Waals surface area contributed by atoms with E-state index < -0.39 is 0 Å². The third-order valence-electron chi connectivity index (χ3n) is 2.61. The summed E-state index contributed by atoms with van der Waals surface area (Å²) in [6.45, 7) is 7.62. The van der Waals surface area contributed by atoms with E-state index in [0.29, 0.717) is 10.0 Å². The molecule has 4 heteroatoms. The highest BCUT2D eigenvalue weighted by atomic mass is 35.5. The summed E-state index contributed by atoms with van der Waals surface area (Å²) in [6.07, 6.45) is 0.195. The van der Waals surface area contributed by atoms with Crippen molar-refractivity contribution >= 4 is 23.2 Å². The largest absolute Gasteiger partial charge is 0.377 e. The van der Waals surface area contributed by atoms with Gasteiger partial charge in [0.2, 0.25) is 0 Å². The van der Waals surface area contributed by atoms with Crippen LogP contribution in [0.15, 0.2) is 18.2 Å². The maximum Gasteiger partial charge on any atom is 0.0671 e. The fourth-order valence-electron chi connectivity index (χ4n) is 1.65. The molecule has 17 heavy (non-hydrogen) atoms. The van der Waals surface area contributed by atoms with E-state index in [1.165, 1.54) is 0 Å². The molecular formula is C13H19Cl2NO. The van der Waals surface area contributed by atoms with Crippen LogP contribution in [0.3, 0.4) is 0 Å². The number of hydrogen-bond donors (Lipinski definition) is 1. The molecule has 1 N–H and O–H groups in total. The molecule has 96 valence electrons. The molecule has 0 fully saturated rings. The van der Waals surface area contributed by atoms with Crippen molar-refractivity contribution < 1.29 is 4.74 Å². The number of nitrogens with one attached hydrogen (secondary N) is 1. The minimum atomic E-state index is 0.157. The van der Waals surface area contributed by atoms with Crippen LogP contribution in [0.4, 0.5) is 0 Å². The van der Waals surface area contributed by atoms with Crippen molar-refractivity contribution in [3.8, 4) is 0 Å². The van der Waals surface area contributed by atoms with Gasteiger partial charge in [0.05, 0.1) is 16.1 Å². The minimum Gasteiger partial charge on any atom is -0.377 e. The van der Waals surface area contributed by atoms with Gasteiger partial charge >= 0.3 is 0 Å². The van der Waals surface area contributed by atoms with Crippen LogP contribution in [0.2, 0.25) is 10.0 Å². The standard InChI is InChI=1S/C13H19Cl2NO/c1-4-17-9(2)8-16-10(3)11-6-5-7-12(14)13(11)15/h5-7,9-10,16H,4,8H2,1-3H3. The predicted molar refractivity (Wildman–Crippen MR) is 74.0 cm³/mol. The Kier molecular flexibility index (Phi) is 6.28. The Labute approximate surface area is 113 Å². The summed E-state index contributed by atoms with van der Waals surface area (Å²) in [4.78, 5) is 0. The molecule has 1 rings (SSSR count). The quantitative estimate of drug-likeness (QED) is 0.845. The van der Waals surface area contributed by atoms with Crippen molar-refractivity contribution in [3.05, 3.63) is 33.8 Å². The zero-order valence-corrected chi connectivity index (χ0v) is 12.0. The molecule has 2 atom stereocenters. The molecule has 0 aliphatic heterocycles. The van der Waals surface area contributed by atoms with E-state index in [1.807, 2.05) is 26.0 Å². The summed E-state index contributed by atoms with van der Waals surface area (Å²) in [5.41, 5.74) is 1.02. The van der Waals surface area contributed by atoms with Crippen molar-refractivity contribution in [1.29, 1.82) is 0 Å². The van der Waals surface area contributed by atoms with Gasteiger partial charge in [0.15, 0.2) is 0 Å². The lowest BCUT2D eigenvalue weighted by molar-refractivity contribution is 0.0743. The summed E-state index contributed by atoms with van der Waals surface area (Å²) < 4.78 is 5.46. The molecule has 0 aromatic heterocycles. The summed E-state index contributed by atoms with van der Waals surface area (Å²) in [5.74, 6) is 0. The van der Waals surface area contributed by atoms with Crippen molar-refractivity contribution in [2.45, 2.75) is 32.9 Å². The molecule has 0 saturated heterocycles. The molecular weight excluding hydrogens is 257 g/mol. The smallest absolute Gasteiger partial charge is 0.0671 e. The zero-order chi connectivity index (χ0) is 12.8. The fraction of sp³-hybridized carbons (Fsp3) is 0.538. The van der Waals surface area contributed by atoms with E-state index in [0.717, 1.165) is 18.7 Å². The lowest BCUT2D eigenvalue weighted by atomic mass is 10.1. The van der Waals surface area contributed by atoms with Crippen LogP contribution in [0, 0.1) is 0 Å². The maximum absolute atomic E-state index is 6.16. The van der Waals surface area contributed by atoms with Gasteiger partial charge in [0.25, 0.3) is 0 Å². The van der Waals surface area contributed by atoms with Gasteiger partial charge in [-0.15, -0.1) is 0 Å². The van der Waals surface area contributed by atoms with Crippen LogP contribution in [0.25, 0.3) is 0 Å². The van der Waals surface area contributed by atoms with Gasteiger partial charge in [-0.25, -0.2) is 0 Å². The summed E-state index contributed by atoms with van der Waals surface area (Å²) in [7, 11) is 0. The Morgan fingerprint density at radius 3 is 2.65 bits per heavy atom. The van der Waals surface area contributed by atoms with Crippen molar-refractivity contribution in [2.75, 3.05) is 13.2 Å². The number of ether oxygens (including phenoxy) is 1. The Hall–Kier alpha value is -0.280. The van der Waals surface area contributed by atoms with Crippen molar-refractivity contribution in [1.82, 2.24) is 5.32 Å². The highest BCUT2D eigenvalue weighted by Crippen LogP contribution is 2.29. The Bertz CT molecular complexity index is 357. The normalized spacial score (nSPS) is 14.6. The first-order valence-corrected chi connectivity index (χ1v) is 6.60. The molecule has 0 aliphatic rings.